The lowest BCUT2D eigenvalue weighted by Crippen LogP contribution is -2.50. The van der Waals surface area contributed by atoms with Crippen molar-refractivity contribution in [2.45, 2.75) is 52.6 Å². The number of aliphatic carboxylic acids is 1. The normalized spacial score (nSPS) is 13.9. The van der Waals surface area contributed by atoms with Gasteiger partial charge in [-0.2, -0.15) is 0 Å². The molecule has 0 saturated carbocycles. The highest BCUT2D eigenvalue weighted by Gasteiger charge is 2.19. The van der Waals surface area contributed by atoms with E-state index in [0.717, 1.165) is 19.6 Å². The molecule has 0 rings (SSSR count). The van der Waals surface area contributed by atoms with Gasteiger partial charge in [0.2, 0.25) is 0 Å². The minimum Gasteiger partial charge on any atom is -0.480 e. The Morgan fingerprint density at radius 3 is 2.16 bits per heavy atom. The van der Waals surface area contributed by atoms with Gasteiger partial charge in [-0.05, 0) is 26.4 Å². The zero-order valence-electron chi connectivity index (χ0n) is 12.4. The van der Waals surface area contributed by atoms with Crippen molar-refractivity contribution in [2.75, 3.05) is 19.6 Å². The van der Waals surface area contributed by atoms with Crippen LogP contribution in [0.4, 0.5) is 4.79 Å². The van der Waals surface area contributed by atoms with Gasteiger partial charge in [-0.3, -0.25) is 0 Å². The van der Waals surface area contributed by atoms with Gasteiger partial charge in [-0.25, -0.2) is 9.59 Å². The van der Waals surface area contributed by atoms with E-state index in [-0.39, 0.29) is 6.04 Å². The number of likely N-dealkylation sites (N-methyl/N-ethyl adjacent to an activating group) is 1. The first-order chi connectivity index (χ1) is 8.94. The summed E-state index contributed by atoms with van der Waals surface area (Å²) in [5, 5.41) is 14.2. The molecule has 0 spiro atoms. The first-order valence-electron chi connectivity index (χ1n) is 6.96. The van der Waals surface area contributed by atoms with E-state index in [2.05, 4.69) is 29.4 Å². The Kier molecular flexibility index (Phi) is 8.95. The second kappa shape index (κ2) is 9.61. The van der Waals surface area contributed by atoms with Crippen LogP contribution >= 0.6 is 0 Å². The molecule has 0 aliphatic heterocycles. The number of urea groups is 1. The zero-order chi connectivity index (χ0) is 14.8. The molecule has 0 bridgehead atoms. The van der Waals surface area contributed by atoms with Crippen LogP contribution in [0.2, 0.25) is 0 Å². The van der Waals surface area contributed by atoms with E-state index in [9.17, 15) is 9.59 Å². The summed E-state index contributed by atoms with van der Waals surface area (Å²) >= 11 is 0. The summed E-state index contributed by atoms with van der Waals surface area (Å²) in [6.45, 7) is 10.5. The molecule has 1 unspecified atom stereocenters. The molecule has 0 fully saturated rings. The van der Waals surface area contributed by atoms with E-state index in [0.29, 0.717) is 12.8 Å². The number of carboxylic acid groups (broad SMARTS) is 1. The number of hydrogen-bond donors (Lipinski definition) is 3. The average molecular weight is 273 g/mol. The van der Waals surface area contributed by atoms with Gasteiger partial charge in [0.1, 0.15) is 6.04 Å². The molecular weight excluding hydrogens is 246 g/mol. The van der Waals surface area contributed by atoms with Crippen molar-refractivity contribution in [1.29, 1.82) is 0 Å². The smallest absolute Gasteiger partial charge is 0.326 e. The first-order valence-corrected chi connectivity index (χ1v) is 6.96. The minimum absolute atomic E-state index is 0.0176. The highest BCUT2D eigenvalue weighted by molar-refractivity contribution is 5.82. The predicted octanol–water partition coefficient (Wildman–Crippen LogP) is 1.27. The largest absolute Gasteiger partial charge is 0.480 e. The summed E-state index contributed by atoms with van der Waals surface area (Å²) < 4.78 is 0. The summed E-state index contributed by atoms with van der Waals surface area (Å²) in [6, 6.07) is -1.25. The molecule has 2 atom stereocenters. The lowest BCUT2D eigenvalue weighted by atomic mass is 10.2. The third-order valence-corrected chi connectivity index (χ3v) is 2.98. The molecule has 3 N–H and O–H groups in total. The van der Waals surface area contributed by atoms with Crippen LogP contribution in [0, 0.1) is 0 Å². The molecule has 0 aromatic carbocycles. The van der Waals surface area contributed by atoms with Gasteiger partial charge >= 0.3 is 12.0 Å². The Morgan fingerprint density at radius 2 is 1.74 bits per heavy atom. The number of carboxylic acids is 1. The fourth-order valence-electron chi connectivity index (χ4n) is 1.88. The molecule has 6 nitrogen and oxygen atoms in total. The van der Waals surface area contributed by atoms with Gasteiger partial charge in [0, 0.05) is 12.6 Å². The van der Waals surface area contributed by atoms with Gasteiger partial charge in [0.05, 0.1) is 0 Å². The Labute approximate surface area is 115 Å². The second-order valence-corrected chi connectivity index (χ2v) is 4.68. The van der Waals surface area contributed by atoms with E-state index in [1.54, 1.807) is 0 Å². The van der Waals surface area contributed by atoms with Crippen molar-refractivity contribution in [3.05, 3.63) is 0 Å². The van der Waals surface area contributed by atoms with Crippen LogP contribution < -0.4 is 10.6 Å². The first kappa shape index (κ1) is 17.7. The summed E-state index contributed by atoms with van der Waals surface area (Å²) in [5.74, 6) is -0.992. The monoisotopic (exact) mass is 273 g/mol. The van der Waals surface area contributed by atoms with Crippen LogP contribution in [0.15, 0.2) is 0 Å². The third kappa shape index (κ3) is 7.66. The summed E-state index contributed by atoms with van der Waals surface area (Å²) in [5.41, 5.74) is 0. The van der Waals surface area contributed by atoms with Gasteiger partial charge in [0.15, 0.2) is 0 Å². The number of carbonyl (C=O) groups is 2. The standard InChI is InChI=1S/C13H27N3O3/c1-5-8-11(12(17)18)15-13(19)14-10(4)9-16(6-2)7-3/h10-11H,5-9H2,1-4H3,(H,17,18)(H2,14,15,19)/t10?,11-/m1/s1. The molecule has 2 amide bonds. The predicted molar refractivity (Wildman–Crippen MR) is 75.2 cm³/mol. The number of carbonyl (C=O) groups excluding carboxylic acids is 1. The highest BCUT2D eigenvalue weighted by Crippen LogP contribution is 1.97. The fourth-order valence-corrected chi connectivity index (χ4v) is 1.88. The number of rotatable bonds is 9. The van der Waals surface area contributed by atoms with Crippen LogP contribution in [0.25, 0.3) is 0 Å². The topological polar surface area (TPSA) is 81.7 Å². The molecule has 112 valence electrons. The van der Waals surface area contributed by atoms with Gasteiger partial charge in [-0.1, -0.05) is 27.2 Å². The Bertz CT molecular complexity index is 280. The second-order valence-electron chi connectivity index (χ2n) is 4.68. The van der Waals surface area contributed by atoms with Crippen molar-refractivity contribution in [2.24, 2.45) is 0 Å². The highest BCUT2D eigenvalue weighted by atomic mass is 16.4. The van der Waals surface area contributed by atoms with Crippen LogP contribution in [-0.4, -0.2) is 53.7 Å². The summed E-state index contributed by atoms with van der Waals surface area (Å²) in [4.78, 5) is 24.8. The third-order valence-electron chi connectivity index (χ3n) is 2.98. The van der Waals surface area contributed by atoms with Crippen LogP contribution in [-0.2, 0) is 4.79 Å². The Hall–Kier alpha value is -1.30. The van der Waals surface area contributed by atoms with E-state index < -0.39 is 18.0 Å². The number of nitrogens with zero attached hydrogens (tertiary/aromatic N) is 1. The van der Waals surface area contributed by atoms with Crippen molar-refractivity contribution in [1.82, 2.24) is 15.5 Å². The number of hydrogen-bond acceptors (Lipinski definition) is 3. The van der Waals surface area contributed by atoms with Crippen molar-refractivity contribution in [3.63, 3.8) is 0 Å². The van der Waals surface area contributed by atoms with Gasteiger partial charge in [-0.15, -0.1) is 0 Å². The van der Waals surface area contributed by atoms with E-state index in [4.69, 9.17) is 5.11 Å². The fraction of sp³-hybridized carbons (Fsp3) is 0.846. The quantitative estimate of drug-likeness (QED) is 0.591. The molecular formula is C13H27N3O3. The van der Waals surface area contributed by atoms with Crippen molar-refractivity contribution in [3.8, 4) is 0 Å². The lowest BCUT2D eigenvalue weighted by Gasteiger charge is -2.24. The maximum absolute atomic E-state index is 11.7. The number of nitrogens with one attached hydrogen (secondary N) is 2. The van der Waals surface area contributed by atoms with E-state index in [1.807, 2.05) is 13.8 Å². The lowest BCUT2D eigenvalue weighted by molar-refractivity contribution is -0.139. The molecule has 0 saturated heterocycles. The minimum atomic E-state index is -0.992. The molecule has 6 heteroatoms. The molecule has 0 radical (unpaired) electrons. The van der Waals surface area contributed by atoms with E-state index >= 15 is 0 Å². The number of amides is 2. The van der Waals surface area contributed by atoms with Gasteiger partial charge < -0.3 is 20.6 Å². The zero-order valence-corrected chi connectivity index (χ0v) is 12.4. The summed E-state index contributed by atoms with van der Waals surface area (Å²) in [7, 11) is 0. The molecule has 0 aromatic heterocycles. The summed E-state index contributed by atoms with van der Waals surface area (Å²) in [6.07, 6.45) is 1.15. The van der Waals surface area contributed by atoms with E-state index in [1.165, 1.54) is 0 Å². The maximum atomic E-state index is 11.7. The SMILES string of the molecule is CCC[C@@H](NC(=O)NC(C)CN(CC)CC)C(=O)O. The van der Waals surface area contributed by atoms with Crippen LogP contribution in [0.3, 0.4) is 0 Å². The Morgan fingerprint density at radius 1 is 1.16 bits per heavy atom. The molecule has 0 aromatic rings. The Balaban J connectivity index is 4.17. The molecule has 0 heterocycles. The van der Waals surface area contributed by atoms with Crippen LogP contribution in [0.5, 0.6) is 0 Å². The molecule has 0 aliphatic rings. The van der Waals surface area contributed by atoms with Crippen LogP contribution in [0.1, 0.15) is 40.5 Å². The van der Waals surface area contributed by atoms with Crippen molar-refractivity contribution < 1.29 is 14.7 Å². The van der Waals surface area contributed by atoms with Gasteiger partial charge in [0.25, 0.3) is 0 Å². The maximum Gasteiger partial charge on any atom is 0.326 e. The van der Waals surface area contributed by atoms with Crippen molar-refractivity contribution >= 4 is 12.0 Å². The average Bonchev–Trinajstić information content (AvgIpc) is 2.35. The molecule has 0 aliphatic carbocycles. The molecule has 19 heavy (non-hydrogen) atoms.